The summed E-state index contributed by atoms with van der Waals surface area (Å²) in [6, 6.07) is 5.76. The zero-order valence-corrected chi connectivity index (χ0v) is 10.3. The minimum absolute atomic E-state index is 0.682. The minimum atomic E-state index is 0.682. The fourth-order valence-corrected chi connectivity index (χ4v) is 2.67. The highest BCUT2D eigenvalue weighted by atomic mass is 35.5. The predicted molar refractivity (Wildman–Crippen MR) is 69.7 cm³/mol. The lowest BCUT2D eigenvalue weighted by Crippen LogP contribution is -2.17. The molecule has 3 heteroatoms. The SMILES string of the molecule is O=Cc1cn(CC2CCC2)c2ccc(Cl)cc12. The fraction of sp³-hybridized carbons (Fsp3) is 0.357. The summed E-state index contributed by atoms with van der Waals surface area (Å²) in [5, 5.41) is 1.65. The van der Waals surface area contributed by atoms with E-state index in [0.29, 0.717) is 5.02 Å². The normalized spacial score (nSPS) is 16.1. The Morgan fingerprint density at radius 1 is 1.41 bits per heavy atom. The Hall–Kier alpha value is -1.28. The third kappa shape index (κ3) is 1.87. The highest BCUT2D eigenvalue weighted by Crippen LogP contribution is 2.31. The number of benzene rings is 1. The molecule has 0 unspecified atom stereocenters. The molecule has 1 aliphatic rings. The van der Waals surface area contributed by atoms with Crippen molar-refractivity contribution in [2.45, 2.75) is 25.8 Å². The summed E-state index contributed by atoms with van der Waals surface area (Å²) < 4.78 is 2.19. The van der Waals surface area contributed by atoms with Crippen molar-refractivity contribution >= 4 is 28.8 Å². The minimum Gasteiger partial charge on any atom is -0.346 e. The molecule has 1 fully saturated rings. The van der Waals surface area contributed by atoms with Crippen LogP contribution in [0.1, 0.15) is 29.6 Å². The Bertz CT molecular complexity index is 569. The number of nitrogens with zero attached hydrogens (tertiary/aromatic N) is 1. The second-order valence-corrected chi connectivity index (χ2v) is 5.25. The molecule has 1 aliphatic carbocycles. The van der Waals surface area contributed by atoms with Crippen LogP contribution in [0, 0.1) is 5.92 Å². The predicted octanol–water partition coefficient (Wildman–Crippen LogP) is 3.91. The Morgan fingerprint density at radius 3 is 2.88 bits per heavy atom. The van der Waals surface area contributed by atoms with Gasteiger partial charge < -0.3 is 4.57 Å². The monoisotopic (exact) mass is 247 g/mol. The fourth-order valence-electron chi connectivity index (χ4n) is 2.50. The summed E-state index contributed by atoms with van der Waals surface area (Å²) in [5.74, 6) is 0.779. The van der Waals surface area contributed by atoms with Gasteiger partial charge in [0.15, 0.2) is 6.29 Å². The van der Waals surface area contributed by atoms with E-state index in [4.69, 9.17) is 11.6 Å². The Balaban J connectivity index is 2.07. The van der Waals surface area contributed by atoms with Crippen molar-refractivity contribution in [3.05, 3.63) is 35.0 Å². The molecule has 1 saturated carbocycles. The summed E-state index contributed by atoms with van der Waals surface area (Å²) in [6.07, 6.45) is 6.83. The summed E-state index contributed by atoms with van der Waals surface area (Å²) >= 11 is 5.98. The van der Waals surface area contributed by atoms with Gasteiger partial charge in [0, 0.05) is 34.2 Å². The van der Waals surface area contributed by atoms with Crippen molar-refractivity contribution in [1.29, 1.82) is 0 Å². The van der Waals surface area contributed by atoms with Crippen molar-refractivity contribution < 1.29 is 4.79 Å². The lowest BCUT2D eigenvalue weighted by molar-refractivity contribution is 0.112. The highest BCUT2D eigenvalue weighted by Gasteiger charge is 2.19. The van der Waals surface area contributed by atoms with Crippen LogP contribution < -0.4 is 0 Å². The molecule has 0 spiro atoms. The van der Waals surface area contributed by atoms with E-state index in [9.17, 15) is 4.79 Å². The summed E-state index contributed by atoms with van der Waals surface area (Å²) in [7, 11) is 0. The van der Waals surface area contributed by atoms with Crippen LogP contribution in [-0.4, -0.2) is 10.9 Å². The van der Waals surface area contributed by atoms with Gasteiger partial charge in [0.05, 0.1) is 0 Å². The Labute approximate surface area is 105 Å². The molecule has 3 rings (SSSR count). The molecule has 88 valence electrons. The third-order valence-corrected chi connectivity index (χ3v) is 3.92. The maximum Gasteiger partial charge on any atom is 0.152 e. The molecule has 1 aromatic heterocycles. The van der Waals surface area contributed by atoms with Gasteiger partial charge in [0.25, 0.3) is 0 Å². The summed E-state index contributed by atoms with van der Waals surface area (Å²) in [4.78, 5) is 11.1. The summed E-state index contributed by atoms with van der Waals surface area (Å²) in [6.45, 7) is 1.02. The average Bonchev–Trinajstić information content (AvgIpc) is 2.61. The topological polar surface area (TPSA) is 22.0 Å². The van der Waals surface area contributed by atoms with Gasteiger partial charge in [-0.2, -0.15) is 0 Å². The van der Waals surface area contributed by atoms with Gasteiger partial charge in [-0.25, -0.2) is 0 Å². The molecule has 2 nitrogen and oxygen atoms in total. The van der Waals surface area contributed by atoms with E-state index < -0.39 is 0 Å². The molecule has 0 atom stereocenters. The second kappa shape index (κ2) is 4.19. The molecule has 0 saturated heterocycles. The van der Waals surface area contributed by atoms with Crippen molar-refractivity contribution in [3.8, 4) is 0 Å². The van der Waals surface area contributed by atoms with Crippen molar-refractivity contribution in [3.63, 3.8) is 0 Å². The quantitative estimate of drug-likeness (QED) is 0.754. The van der Waals surface area contributed by atoms with Gasteiger partial charge in [-0.1, -0.05) is 18.0 Å². The maximum absolute atomic E-state index is 11.1. The van der Waals surface area contributed by atoms with Gasteiger partial charge in [0.1, 0.15) is 0 Å². The summed E-state index contributed by atoms with van der Waals surface area (Å²) in [5.41, 5.74) is 1.85. The van der Waals surface area contributed by atoms with E-state index in [-0.39, 0.29) is 0 Å². The molecular formula is C14H14ClNO. The second-order valence-electron chi connectivity index (χ2n) is 4.81. The van der Waals surface area contributed by atoms with E-state index >= 15 is 0 Å². The van der Waals surface area contributed by atoms with Crippen LogP contribution in [0.5, 0.6) is 0 Å². The Kier molecular flexibility index (Phi) is 2.67. The molecule has 0 bridgehead atoms. The third-order valence-electron chi connectivity index (χ3n) is 3.68. The van der Waals surface area contributed by atoms with Gasteiger partial charge in [-0.3, -0.25) is 4.79 Å². The lowest BCUT2D eigenvalue weighted by Gasteiger charge is -2.26. The van der Waals surface area contributed by atoms with Crippen LogP contribution in [0.4, 0.5) is 0 Å². The smallest absolute Gasteiger partial charge is 0.152 e. The van der Waals surface area contributed by atoms with Crippen LogP contribution in [0.2, 0.25) is 5.02 Å². The first-order chi connectivity index (χ1) is 8.28. The number of aldehydes is 1. The highest BCUT2D eigenvalue weighted by molar-refractivity contribution is 6.31. The first-order valence-electron chi connectivity index (χ1n) is 6.01. The standard InChI is InChI=1S/C14H14ClNO/c15-12-4-5-14-13(6-12)11(9-17)8-16(14)7-10-2-1-3-10/h4-6,8-10H,1-3,7H2. The number of carbonyl (C=O) groups is 1. The average molecular weight is 248 g/mol. The van der Waals surface area contributed by atoms with E-state index in [1.807, 2.05) is 24.4 Å². The molecule has 1 aromatic carbocycles. The van der Waals surface area contributed by atoms with Gasteiger partial charge in [-0.15, -0.1) is 0 Å². The number of aromatic nitrogens is 1. The van der Waals surface area contributed by atoms with Gasteiger partial charge in [-0.05, 0) is 37.0 Å². The molecular weight excluding hydrogens is 234 g/mol. The Morgan fingerprint density at radius 2 is 2.24 bits per heavy atom. The van der Waals surface area contributed by atoms with E-state index in [2.05, 4.69) is 4.57 Å². The molecule has 1 heterocycles. The van der Waals surface area contributed by atoms with E-state index in [1.165, 1.54) is 19.3 Å². The number of rotatable bonds is 3. The maximum atomic E-state index is 11.1. The number of hydrogen-bond acceptors (Lipinski definition) is 1. The first-order valence-corrected chi connectivity index (χ1v) is 6.39. The van der Waals surface area contributed by atoms with E-state index in [1.54, 1.807) is 0 Å². The number of hydrogen-bond donors (Lipinski definition) is 0. The van der Waals surface area contributed by atoms with E-state index in [0.717, 1.165) is 35.2 Å². The van der Waals surface area contributed by atoms with Gasteiger partial charge >= 0.3 is 0 Å². The zero-order chi connectivity index (χ0) is 11.8. The van der Waals surface area contributed by atoms with Crippen molar-refractivity contribution in [2.24, 2.45) is 5.92 Å². The van der Waals surface area contributed by atoms with Crippen molar-refractivity contribution in [2.75, 3.05) is 0 Å². The molecule has 0 amide bonds. The van der Waals surface area contributed by atoms with Crippen LogP contribution in [0.3, 0.4) is 0 Å². The lowest BCUT2D eigenvalue weighted by atomic mass is 9.85. The number of fused-ring (bicyclic) bond motifs is 1. The molecule has 0 radical (unpaired) electrons. The molecule has 2 aromatic rings. The van der Waals surface area contributed by atoms with Gasteiger partial charge in [0.2, 0.25) is 0 Å². The van der Waals surface area contributed by atoms with Crippen molar-refractivity contribution in [1.82, 2.24) is 4.57 Å². The van der Waals surface area contributed by atoms with Crippen LogP contribution >= 0.6 is 11.6 Å². The molecule has 0 aliphatic heterocycles. The van der Waals surface area contributed by atoms with Crippen LogP contribution in [0.15, 0.2) is 24.4 Å². The zero-order valence-electron chi connectivity index (χ0n) is 9.53. The largest absolute Gasteiger partial charge is 0.346 e. The molecule has 17 heavy (non-hydrogen) atoms. The van der Waals surface area contributed by atoms with Crippen LogP contribution in [-0.2, 0) is 6.54 Å². The molecule has 0 N–H and O–H groups in total. The number of carbonyl (C=O) groups excluding carboxylic acids is 1. The van der Waals surface area contributed by atoms with Crippen LogP contribution in [0.25, 0.3) is 10.9 Å². The number of halogens is 1. The first kappa shape index (κ1) is 10.8.